The number of benzene rings is 2. The molecular weight excluding hydrogens is 292 g/mol. The van der Waals surface area contributed by atoms with Crippen LogP contribution in [0.2, 0.25) is 0 Å². The molecule has 2 amide bonds. The van der Waals surface area contributed by atoms with Crippen LogP contribution in [0.5, 0.6) is 5.75 Å². The molecule has 0 N–H and O–H groups in total. The van der Waals surface area contributed by atoms with Crippen molar-refractivity contribution in [1.82, 2.24) is 0 Å². The fourth-order valence-electron chi connectivity index (χ4n) is 1.98. The van der Waals surface area contributed by atoms with Crippen LogP contribution in [0.15, 0.2) is 54.6 Å². The van der Waals surface area contributed by atoms with Crippen molar-refractivity contribution in [3.63, 3.8) is 0 Å². The highest BCUT2D eigenvalue weighted by molar-refractivity contribution is 5.95. The fourth-order valence-corrected chi connectivity index (χ4v) is 1.98. The number of amides is 2. The van der Waals surface area contributed by atoms with Crippen LogP contribution in [-0.2, 0) is 9.59 Å². The van der Waals surface area contributed by atoms with Crippen molar-refractivity contribution in [1.29, 1.82) is 0 Å². The number of carbonyl (C=O) groups is 2. The first-order chi connectivity index (χ1) is 11.0. The maximum Gasteiger partial charge on any atom is 0.264 e. The van der Waals surface area contributed by atoms with Gasteiger partial charge in [-0.15, -0.1) is 0 Å². The second-order valence-electron chi connectivity index (χ2n) is 5.15. The van der Waals surface area contributed by atoms with Crippen LogP contribution < -0.4 is 14.5 Å². The summed E-state index contributed by atoms with van der Waals surface area (Å²) in [6.07, 6.45) is 0. The Balaban J connectivity index is 1.98. The lowest BCUT2D eigenvalue weighted by atomic mass is 10.2. The van der Waals surface area contributed by atoms with Crippen LogP contribution in [0, 0.1) is 0 Å². The van der Waals surface area contributed by atoms with Gasteiger partial charge in [0, 0.05) is 32.4 Å². The summed E-state index contributed by atoms with van der Waals surface area (Å²) in [4.78, 5) is 26.6. The summed E-state index contributed by atoms with van der Waals surface area (Å²) < 4.78 is 5.46. The van der Waals surface area contributed by atoms with Crippen molar-refractivity contribution in [2.75, 3.05) is 30.5 Å². The molecule has 2 rings (SSSR count). The molecule has 0 atom stereocenters. The molecular formula is C18H20N2O3. The summed E-state index contributed by atoms with van der Waals surface area (Å²) in [5, 5.41) is 0. The first-order valence-electron chi connectivity index (χ1n) is 7.28. The van der Waals surface area contributed by atoms with Crippen LogP contribution >= 0.6 is 0 Å². The van der Waals surface area contributed by atoms with Gasteiger partial charge in [-0.3, -0.25) is 9.59 Å². The zero-order valence-corrected chi connectivity index (χ0v) is 13.5. The standard InChI is InChI=1S/C18H20N2O3/c1-14(21)19(2)15-9-11-16(12-10-15)20(3)18(22)13-23-17-7-5-4-6-8-17/h4-12H,13H2,1-3H3. The second-order valence-corrected chi connectivity index (χ2v) is 5.15. The quantitative estimate of drug-likeness (QED) is 0.853. The van der Waals surface area contributed by atoms with Crippen LogP contribution in [0.3, 0.4) is 0 Å². The predicted octanol–water partition coefficient (Wildman–Crippen LogP) is 2.71. The normalized spacial score (nSPS) is 10.0. The number of ether oxygens (including phenoxy) is 1. The minimum atomic E-state index is -0.151. The van der Waals surface area contributed by atoms with Gasteiger partial charge >= 0.3 is 0 Å². The minimum absolute atomic E-state index is 0.0321. The van der Waals surface area contributed by atoms with Gasteiger partial charge < -0.3 is 14.5 Å². The van der Waals surface area contributed by atoms with E-state index in [-0.39, 0.29) is 18.4 Å². The van der Waals surface area contributed by atoms with E-state index in [0.29, 0.717) is 5.75 Å². The zero-order chi connectivity index (χ0) is 16.8. The molecule has 0 radical (unpaired) electrons. The molecule has 0 saturated heterocycles. The highest BCUT2D eigenvalue weighted by atomic mass is 16.5. The van der Waals surface area contributed by atoms with Gasteiger partial charge in [0.15, 0.2) is 6.61 Å². The Morgan fingerprint density at radius 3 is 1.91 bits per heavy atom. The van der Waals surface area contributed by atoms with Crippen molar-refractivity contribution in [3.8, 4) is 5.75 Å². The molecule has 5 heteroatoms. The lowest BCUT2D eigenvalue weighted by Gasteiger charge is -2.20. The van der Waals surface area contributed by atoms with Gasteiger partial charge in [0.2, 0.25) is 5.91 Å². The third-order valence-electron chi connectivity index (χ3n) is 3.58. The molecule has 2 aromatic carbocycles. The number of carbonyl (C=O) groups excluding carboxylic acids is 2. The summed E-state index contributed by atoms with van der Waals surface area (Å²) in [7, 11) is 3.40. The maximum atomic E-state index is 12.2. The monoisotopic (exact) mass is 312 g/mol. The summed E-state index contributed by atoms with van der Waals surface area (Å²) >= 11 is 0. The van der Waals surface area contributed by atoms with E-state index in [1.54, 1.807) is 55.4 Å². The molecule has 0 aliphatic rings. The first kappa shape index (κ1) is 16.5. The molecule has 2 aromatic rings. The van der Waals surface area contributed by atoms with Crippen molar-refractivity contribution in [2.24, 2.45) is 0 Å². The molecule has 0 spiro atoms. The van der Waals surface area contributed by atoms with Gasteiger partial charge in [-0.05, 0) is 36.4 Å². The SMILES string of the molecule is CC(=O)N(C)c1ccc(N(C)C(=O)COc2ccccc2)cc1. The minimum Gasteiger partial charge on any atom is -0.484 e. The molecule has 23 heavy (non-hydrogen) atoms. The molecule has 0 aliphatic heterocycles. The van der Waals surface area contributed by atoms with E-state index < -0.39 is 0 Å². The van der Waals surface area contributed by atoms with E-state index in [1.165, 1.54) is 11.8 Å². The van der Waals surface area contributed by atoms with Gasteiger partial charge in [0.1, 0.15) is 5.75 Å². The number of rotatable bonds is 5. The highest BCUT2D eigenvalue weighted by Crippen LogP contribution is 2.19. The summed E-state index contributed by atoms with van der Waals surface area (Å²) in [6.45, 7) is 1.47. The predicted molar refractivity (Wildman–Crippen MR) is 90.9 cm³/mol. The Morgan fingerprint density at radius 2 is 1.39 bits per heavy atom. The number of anilines is 2. The Hall–Kier alpha value is -2.82. The van der Waals surface area contributed by atoms with Gasteiger partial charge in [-0.25, -0.2) is 0 Å². The van der Waals surface area contributed by atoms with Crippen LogP contribution in [0.25, 0.3) is 0 Å². The highest BCUT2D eigenvalue weighted by Gasteiger charge is 2.12. The molecule has 0 unspecified atom stereocenters. The number of hydrogen-bond acceptors (Lipinski definition) is 3. The molecule has 0 saturated carbocycles. The number of hydrogen-bond donors (Lipinski definition) is 0. The molecule has 0 aliphatic carbocycles. The number of likely N-dealkylation sites (N-methyl/N-ethyl adjacent to an activating group) is 1. The Labute approximate surface area is 136 Å². The topological polar surface area (TPSA) is 49.9 Å². The number of para-hydroxylation sites is 1. The average Bonchev–Trinajstić information content (AvgIpc) is 2.59. The molecule has 0 heterocycles. The Kier molecular flexibility index (Phi) is 5.36. The van der Waals surface area contributed by atoms with Crippen molar-refractivity contribution in [3.05, 3.63) is 54.6 Å². The molecule has 0 bridgehead atoms. The summed E-state index contributed by atoms with van der Waals surface area (Å²) in [5.74, 6) is 0.465. The maximum absolute atomic E-state index is 12.2. The third-order valence-corrected chi connectivity index (χ3v) is 3.58. The largest absolute Gasteiger partial charge is 0.484 e. The van der Waals surface area contributed by atoms with E-state index in [0.717, 1.165) is 11.4 Å². The molecule has 0 fully saturated rings. The number of nitrogens with zero attached hydrogens (tertiary/aromatic N) is 2. The van der Waals surface area contributed by atoms with Gasteiger partial charge in [0.05, 0.1) is 0 Å². The van der Waals surface area contributed by atoms with E-state index in [4.69, 9.17) is 4.74 Å². The zero-order valence-electron chi connectivity index (χ0n) is 13.5. The molecule has 5 nitrogen and oxygen atoms in total. The van der Waals surface area contributed by atoms with Gasteiger partial charge in [-0.1, -0.05) is 18.2 Å². The smallest absolute Gasteiger partial charge is 0.264 e. The second kappa shape index (κ2) is 7.45. The van der Waals surface area contributed by atoms with E-state index in [1.807, 2.05) is 18.2 Å². The van der Waals surface area contributed by atoms with Crippen LogP contribution in [0.1, 0.15) is 6.92 Å². The Morgan fingerprint density at radius 1 is 0.870 bits per heavy atom. The van der Waals surface area contributed by atoms with Crippen LogP contribution in [-0.4, -0.2) is 32.5 Å². The van der Waals surface area contributed by atoms with E-state index in [2.05, 4.69) is 0 Å². The first-order valence-corrected chi connectivity index (χ1v) is 7.28. The average molecular weight is 312 g/mol. The Bertz CT molecular complexity index is 668. The van der Waals surface area contributed by atoms with Crippen molar-refractivity contribution < 1.29 is 14.3 Å². The molecule has 0 aromatic heterocycles. The van der Waals surface area contributed by atoms with Gasteiger partial charge in [0.25, 0.3) is 5.91 Å². The van der Waals surface area contributed by atoms with Crippen molar-refractivity contribution >= 4 is 23.2 Å². The van der Waals surface area contributed by atoms with E-state index in [9.17, 15) is 9.59 Å². The van der Waals surface area contributed by atoms with Crippen molar-refractivity contribution in [2.45, 2.75) is 6.92 Å². The third kappa shape index (κ3) is 4.32. The van der Waals surface area contributed by atoms with E-state index >= 15 is 0 Å². The lowest BCUT2D eigenvalue weighted by Crippen LogP contribution is -2.31. The van der Waals surface area contributed by atoms with Crippen LogP contribution in [0.4, 0.5) is 11.4 Å². The lowest BCUT2D eigenvalue weighted by molar-refractivity contribution is -0.120. The fraction of sp³-hybridized carbons (Fsp3) is 0.222. The summed E-state index contributed by atoms with van der Waals surface area (Å²) in [6, 6.07) is 16.4. The molecule has 120 valence electrons. The van der Waals surface area contributed by atoms with Gasteiger partial charge in [-0.2, -0.15) is 0 Å². The summed E-state index contributed by atoms with van der Waals surface area (Å²) in [5.41, 5.74) is 1.52.